The smallest absolute Gasteiger partial charge is 0.232 e. The van der Waals surface area contributed by atoms with Gasteiger partial charge < -0.3 is 10.6 Å². The molecule has 0 bridgehead atoms. The second kappa shape index (κ2) is 9.29. The molecule has 27 heavy (non-hydrogen) atoms. The van der Waals surface area contributed by atoms with Crippen molar-refractivity contribution in [3.63, 3.8) is 0 Å². The molecule has 0 radical (unpaired) electrons. The molecule has 2 N–H and O–H groups in total. The van der Waals surface area contributed by atoms with E-state index >= 15 is 0 Å². The highest BCUT2D eigenvalue weighted by Gasteiger charge is 2.26. The van der Waals surface area contributed by atoms with E-state index in [0.29, 0.717) is 36.7 Å². The minimum atomic E-state index is -0.261. The maximum Gasteiger partial charge on any atom is 0.232 e. The molecule has 1 aliphatic rings. The lowest BCUT2D eigenvalue weighted by atomic mass is 9.96. The van der Waals surface area contributed by atoms with Gasteiger partial charge in [0.1, 0.15) is 0 Å². The van der Waals surface area contributed by atoms with E-state index in [-0.39, 0.29) is 23.0 Å². The second-order valence-electron chi connectivity index (χ2n) is 6.71. The summed E-state index contributed by atoms with van der Waals surface area (Å²) >= 11 is 7.64. The molecule has 1 atom stereocenters. The van der Waals surface area contributed by atoms with Gasteiger partial charge in [-0.05, 0) is 36.1 Å². The summed E-state index contributed by atoms with van der Waals surface area (Å²) in [6, 6.07) is 17.9. The topological polar surface area (TPSA) is 63.4 Å². The van der Waals surface area contributed by atoms with Crippen LogP contribution in [0, 0.1) is 5.92 Å². The molecule has 1 saturated heterocycles. The van der Waals surface area contributed by atoms with E-state index in [0.717, 1.165) is 11.1 Å². The summed E-state index contributed by atoms with van der Waals surface area (Å²) in [7, 11) is 0. The third-order valence-corrected chi connectivity index (χ3v) is 6.44. The summed E-state index contributed by atoms with van der Waals surface area (Å²) in [5, 5.41) is 0.763. The van der Waals surface area contributed by atoms with E-state index < -0.39 is 0 Å². The summed E-state index contributed by atoms with van der Waals surface area (Å²) in [6.07, 6.45) is 1.32. The van der Waals surface area contributed by atoms with Gasteiger partial charge in [-0.3, -0.25) is 9.59 Å². The largest absolute Gasteiger partial charge is 0.369 e. The van der Waals surface area contributed by atoms with Gasteiger partial charge in [0.15, 0.2) is 0 Å². The Balaban J connectivity index is 1.65. The van der Waals surface area contributed by atoms with E-state index in [1.54, 1.807) is 11.8 Å². The fourth-order valence-electron chi connectivity index (χ4n) is 3.31. The SMILES string of the molecule is NC(=O)C1CCN(C(=O)CSC(c2ccccc2)c2ccc(Cl)cc2)CC1. The Morgan fingerprint density at radius 2 is 1.63 bits per heavy atom. The molecule has 0 saturated carbocycles. The monoisotopic (exact) mass is 402 g/mol. The van der Waals surface area contributed by atoms with E-state index in [2.05, 4.69) is 12.1 Å². The average molecular weight is 403 g/mol. The molecule has 6 heteroatoms. The normalized spacial score (nSPS) is 16.1. The maximum absolute atomic E-state index is 12.7. The number of halogens is 1. The van der Waals surface area contributed by atoms with E-state index in [1.165, 1.54) is 0 Å². The minimum absolute atomic E-state index is 0.0653. The van der Waals surface area contributed by atoms with Gasteiger partial charge >= 0.3 is 0 Å². The van der Waals surface area contributed by atoms with E-state index in [1.807, 2.05) is 47.4 Å². The molecular formula is C21H23ClN2O2S. The molecular weight excluding hydrogens is 380 g/mol. The number of thioether (sulfide) groups is 1. The average Bonchev–Trinajstić information content (AvgIpc) is 2.70. The number of likely N-dealkylation sites (tertiary alicyclic amines) is 1. The quantitative estimate of drug-likeness (QED) is 0.797. The van der Waals surface area contributed by atoms with Crippen molar-refractivity contribution < 1.29 is 9.59 Å². The third kappa shape index (κ3) is 5.27. The van der Waals surface area contributed by atoms with Crippen molar-refractivity contribution in [1.82, 2.24) is 4.90 Å². The van der Waals surface area contributed by atoms with Gasteiger partial charge in [0.2, 0.25) is 11.8 Å². The Morgan fingerprint density at radius 3 is 2.22 bits per heavy atom. The number of amides is 2. The number of benzene rings is 2. The van der Waals surface area contributed by atoms with Gasteiger partial charge in [0.05, 0.1) is 11.0 Å². The standard InChI is InChI=1S/C21H23ClN2O2S/c22-18-8-6-16(7-9-18)20(15-4-2-1-3-5-15)27-14-19(25)24-12-10-17(11-13-24)21(23)26/h1-9,17,20H,10-14H2,(H2,23,26). The van der Waals surface area contributed by atoms with Crippen LogP contribution in [0.3, 0.4) is 0 Å². The number of nitrogens with two attached hydrogens (primary N) is 1. The fraction of sp³-hybridized carbons (Fsp3) is 0.333. The maximum atomic E-state index is 12.7. The number of carbonyl (C=O) groups excluding carboxylic acids is 2. The zero-order valence-corrected chi connectivity index (χ0v) is 16.6. The Kier molecular flexibility index (Phi) is 6.80. The van der Waals surface area contributed by atoms with Crippen LogP contribution in [-0.4, -0.2) is 35.6 Å². The molecule has 0 aromatic heterocycles. The van der Waals surface area contributed by atoms with Crippen molar-refractivity contribution in [2.75, 3.05) is 18.8 Å². The highest BCUT2D eigenvalue weighted by Crippen LogP contribution is 2.36. The zero-order valence-electron chi connectivity index (χ0n) is 15.0. The molecule has 1 aliphatic heterocycles. The lowest BCUT2D eigenvalue weighted by Gasteiger charge is -2.31. The number of nitrogens with zero attached hydrogens (tertiary/aromatic N) is 1. The van der Waals surface area contributed by atoms with E-state index in [9.17, 15) is 9.59 Å². The van der Waals surface area contributed by atoms with Crippen molar-refractivity contribution in [2.45, 2.75) is 18.1 Å². The van der Waals surface area contributed by atoms with Crippen LogP contribution in [0.4, 0.5) is 0 Å². The lowest BCUT2D eigenvalue weighted by molar-refractivity contribution is -0.132. The van der Waals surface area contributed by atoms with Crippen LogP contribution in [-0.2, 0) is 9.59 Å². The van der Waals surface area contributed by atoms with Crippen LogP contribution in [0.2, 0.25) is 5.02 Å². The molecule has 4 nitrogen and oxygen atoms in total. The van der Waals surface area contributed by atoms with Crippen LogP contribution in [0.15, 0.2) is 54.6 Å². The van der Waals surface area contributed by atoms with Crippen molar-refractivity contribution in [3.05, 3.63) is 70.7 Å². The summed E-state index contributed by atoms with van der Waals surface area (Å²) in [5.74, 6) is 0.137. The molecule has 2 aromatic carbocycles. The highest BCUT2D eigenvalue weighted by molar-refractivity contribution is 8.00. The number of primary amides is 1. The first kappa shape index (κ1) is 19.8. The van der Waals surface area contributed by atoms with Crippen LogP contribution in [0.25, 0.3) is 0 Å². The summed E-state index contributed by atoms with van der Waals surface area (Å²) in [6.45, 7) is 1.20. The Morgan fingerprint density at radius 1 is 1.04 bits per heavy atom. The lowest BCUT2D eigenvalue weighted by Crippen LogP contribution is -2.42. The predicted molar refractivity (Wildman–Crippen MR) is 111 cm³/mol. The van der Waals surface area contributed by atoms with Gasteiger partial charge in [-0.1, -0.05) is 54.1 Å². The molecule has 2 amide bonds. The number of piperidine rings is 1. The first-order valence-electron chi connectivity index (χ1n) is 9.03. The fourth-order valence-corrected chi connectivity index (χ4v) is 4.63. The van der Waals surface area contributed by atoms with Crippen LogP contribution < -0.4 is 5.73 Å². The zero-order chi connectivity index (χ0) is 19.2. The van der Waals surface area contributed by atoms with Gasteiger partial charge in [0.25, 0.3) is 0 Å². The molecule has 0 aliphatic carbocycles. The second-order valence-corrected chi connectivity index (χ2v) is 8.24. The van der Waals surface area contributed by atoms with Crippen molar-refractivity contribution in [2.24, 2.45) is 11.7 Å². The summed E-state index contributed by atoms with van der Waals surface area (Å²) in [4.78, 5) is 25.8. The summed E-state index contributed by atoms with van der Waals surface area (Å²) in [5.41, 5.74) is 7.65. The van der Waals surface area contributed by atoms with Crippen molar-refractivity contribution in [1.29, 1.82) is 0 Å². The van der Waals surface area contributed by atoms with Gasteiger partial charge in [-0.15, -0.1) is 11.8 Å². The Hall–Kier alpha value is -1.98. The number of rotatable bonds is 6. The van der Waals surface area contributed by atoms with Gasteiger partial charge in [-0.25, -0.2) is 0 Å². The first-order valence-corrected chi connectivity index (χ1v) is 10.5. The van der Waals surface area contributed by atoms with Gasteiger partial charge in [-0.2, -0.15) is 0 Å². The molecule has 142 valence electrons. The third-order valence-electron chi connectivity index (χ3n) is 4.90. The summed E-state index contributed by atoms with van der Waals surface area (Å²) < 4.78 is 0. The number of hydrogen-bond donors (Lipinski definition) is 1. The van der Waals surface area contributed by atoms with Crippen LogP contribution in [0.5, 0.6) is 0 Å². The number of hydrogen-bond acceptors (Lipinski definition) is 3. The van der Waals surface area contributed by atoms with Crippen LogP contribution >= 0.6 is 23.4 Å². The first-order chi connectivity index (χ1) is 13.0. The Labute approximate surface area is 169 Å². The van der Waals surface area contributed by atoms with Gasteiger partial charge in [0, 0.05) is 24.0 Å². The molecule has 1 heterocycles. The van der Waals surface area contributed by atoms with Crippen molar-refractivity contribution in [3.8, 4) is 0 Å². The Bertz CT molecular complexity index is 775. The molecule has 1 unspecified atom stereocenters. The highest BCUT2D eigenvalue weighted by atomic mass is 35.5. The molecule has 2 aromatic rings. The minimum Gasteiger partial charge on any atom is -0.369 e. The van der Waals surface area contributed by atoms with E-state index in [4.69, 9.17) is 17.3 Å². The number of carbonyl (C=O) groups is 2. The molecule has 3 rings (SSSR count). The van der Waals surface area contributed by atoms with Crippen LogP contribution in [0.1, 0.15) is 29.2 Å². The molecule has 1 fully saturated rings. The molecule has 0 spiro atoms. The predicted octanol–water partition coefficient (Wildman–Crippen LogP) is 3.89. The van der Waals surface area contributed by atoms with Crippen molar-refractivity contribution >= 4 is 35.2 Å².